The van der Waals surface area contributed by atoms with E-state index >= 15 is 0 Å². The van der Waals surface area contributed by atoms with Gasteiger partial charge in [0.25, 0.3) is 11.6 Å². The molecule has 3 rings (SSSR count). The Balaban J connectivity index is 1.80. The second-order valence-electron chi connectivity index (χ2n) is 4.80. The average molecular weight is 274 g/mol. The Hall–Kier alpha value is -2.28. The molecule has 2 heterocycles. The molecular formula is C13H14N4O3. The molecule has 0 amide bonds. The first kappa shape index (κ1) is 12.7. The fourth-order valence-corrected chi connectivity index (χ4v) is 2.32. The highest BCUT2D eigenvalue weighted by Gasteiger charge is 2.21. The zero-order chi connectivity index (χ0) is 13.9. The van der Waals surface area contributed by atoms with Crippen molar-refractivity contribution in [2.24, 2.45) is 0 Å². The average Bonchev–Trinajstić information content (AvgIpc) is 2.98. The predicted molar refractivity (Wildman–Crippen MR) is 71.2 cm³/mol. The van der Waals surface area contributed by atoms with E-state index in [0.29, 0.717) is 17.3 Å². The standard InChI is InChI=1S/C13H14N4O3/c18-17(19)11-5-3-9(4-6-11)13-15-12(16-20-13)10-2-1-7-14-8-10/h3-6,10,14H,1-2,7-8H2. The molecule has 7 heteroatoms. The highest BCUT2D eigenvalue weighted by molar-refractivity contribution is 5.55. The summed E-state index contributed by atoms with van der Waals surface area (Å²) in [6, 6.07) is 6.10. The minimum Gasteiger partial charge on any atom is -0.334 e. The molecule has 0 bridgehead atoms. The van der Waals surface area contributed by atoms with E-state index in [1.54, 1.807) is 12.1 Å². The van der Waals surface area contributed by atoms with Gasteiger partial charge in [-0.25, -0.2) is 0 Å². The van der Waals surface area contributed by atoms with Gasteiger partial charge in [-0.15, -0.1) is 0 Å². The normalized spacial score (nSPS) is 18.9. The minimum absolute atomic E-state index is 0.0463. The summed E-state index contributed by atoms with van der Waals surface area (Å²) in [6.45, 7) is 1.89. The number of non-ortho nitro benzene ring substituents is 1. The topological polar surface area (TPSA) is 94.1 Å². The molecule has 0 saturated carbocycles. The lowest BCUT2D eigenvalue weighted by molar-refractivity contribution is -0.384. The van der Waals surface area contributed by atoms with Gasteiger partial charge >= 0.3 is 0 Å². The van der Waals surface area contributed by atoms with Crippen LogP contribution in [0.5, 0.6) is 0 Å². The lowest BCUT2D eigenvalue weighted by Gasteiger charge is -2.19. The second-order valence-corrected chi connectivity index (χ2v) is 4.80. The van der Waals surface area contributed by atoms with Crippen LogP contribution in [0.25, 0.3) is 11.5 Å². The van der Waals surface area contributed by atoms with Crippen LogP contribution in [0.4, 0.5) is 5.69 Å². The SMILES string of the molecule is O=[N+]([O-])c1ccc(-c2nc(C3CCCNC3)no2)cc1. The fraction of sp³-hybridized carbons (Fsp3) is 0.385. The number of nitro groups is 1. The quantitative estimate of drug-likeness (QED) is 0.680. The van der Waals surface area contributed by atoms with Crippen molar-refractivity contribution in [3.8, 4) is 11.5 Å². The Morgan fingerprint density at radius 2 is 2.15 bits per heavy atom. The molecule has 1 saturated heterocycles. The molecule has 1 fully saturated rings. The van der Waals surface area contributed by atoms with Gasteiger partial charge in [0.2, 0.25) is 0 Å². The summed E-state index contributed by atoms with van der Waals surface area (Å²) >= 11 is 0. The van der Waals surface area contributed by atoms with Crippen LogP contribution in [0, 0.1) is 10.1 Å². The van der Waals surface area contributed by atoms with Gasteiger partial charge in [0.1, 0.15) is 0 Å². The molecule has 0 spiro atoms. The van der Waals surface area contributed by atoms with Crippen molar-refractivity contribution in [2.45, 2.75) is 18.8 Å². The van der Waals surface area contributed by atoms with Gasteiger partial charge in [-0.05, 0) is 31.5 Å². The Morgan fingerprint density at radius 1 is 1.35 bits per heavy atom. The number of hydrogen-bond donors (Lipinski definition) is 1. The van der Waals surface area contributed by atoms with Crippen LogP contribution in [-0.2, 0) is 0 Å². The van der Waals surface area contributed by atoms with Crippen LogP contribution in [0.1, 0.15) is 24.6 Å². The minimum atomic E-state index is -0.434. The van der Waals surface area contributed by atoms with Crippen LogP contribution in [-0.4, -0.2) is 28.2 Å². The van der Waals surface area contributed by atoms with Crippen molar-refractivity contribution in [1.29, 1.82) is 0 Å². The molecule has 104 valence electrons. The number of nitro benzene ring substituents is 1. The maximum Gasteiger partial charge on any atom is 0.269 e. The van der Waals surface area contributed by atoms with E-state index < -0.39 is 4.92 Å². The molecule has 1 aliphatic rings. The molecule has 2 aromatic rings. The second kappa shape index (κ2) is 5.38. The van der Waals surface area contributed by atoms with Crippen molar-refractivity contribution in [3.63, 3.8) is 0 Å². The Kier molecular flexibility index (Phi) is 3.42. The third-order valence-corrected chi connectivity index (χ3v) is 3.43. The molecule has 1 aliphatic heterocycles. The number of piperidine rings is 1. The lowest BCUT2D eigenvalue weighted by atomic mass is 9.99. The third kappa shape index (κ3) is 2.53. The molecule has 1 N–H and O–H groups in total. The van der Waals surface area contributed by atoms with E-state index in [1.165, 1.54) is 12.1 Å². The summed E-state index contributed by atoms with van der Waals surface area (Å²) in [5.41, 5.74) is 0.739. The van der Waals surface area contributed by atoms with Crippen molar-refractivity contribution >= 4 is 5.69 Å². The molecule has 1 unspecified atom stereocenters. The van der Waals surface area contributed by atoms with E-state index in [0.717, 1.165) is 25.9 Å². The molecule has 0 radical (unpaired) electrons. The molecule has 1 aromatic heterocycles. The highest BCUT2D eigenvalue weighted by Crippen LogP contribution is 2.25. The van der Waals surface area contributed by atoms with Gasteiger partial charge in [-0.2, -0.15) is 4.98 Å². The van der Waals surface area contributed by atoms with Crippen LogP contribution >= 0.6 is 0 Å². The molecular weight excluding hydrogens is 260 g/mol. The molecule has 1 aromatic carbocycles. The zero-order valence-electron chi connectivity index (χ0n) is 10.8. The van der Waals surface area contributed by atoms with Gasteiger partial charge in [-0.1, -0.05) is 5.16 Å². The van der Waals surface area contributed by atoms with E-state index in [9.17, 15) is 10.1 Å². The number of benzene rings is 1. The summed E-state index contributed by atoms with van der Waals surface area (Å²) < 4.78 is 5.25. The van der Waals surface area contributed by atoms with E-state index in [4.69, 9.17) is 4.52 Å². The van der Waals surface area contributed by atoms with Crippen molar-refractivity contribution in [2.75, 3.05) is 13.1 Å². The summed E-state index contributed by atoms with van der Waals surface area (Å²) in [5.74, 6) is 1.38. The van der Waals surface area contributed by atoms with Gasteiger partial charge < -0.3 is 9.84 Å². The van der Waals surface area contributed by atoms with E-state index in [1.807, 2.05) is 0 Å². The number of aromatic nitrogens is 2. The van der Waals surface area contributed by atoms with Gasteiger partial charge in [0.15, 0.2) is 5.82 Å². The largest absolute Gasteiger partial charge is 0.334 e. The van der Waals surface area contributed by atoms with Gasteiger partial charge in [-0.3, -0.25) is 10.1 Å². The van der Waals surface area contributed by atoms with Crippen LogP contribution < -0.4 is 5.32 Å². The number of rotatable bonds is 3. The number of hydrogen-bond acceptors (Lipinski definition) is 6. The Bertz CT molecular complexity index is 602. The maximum atomic E-state index is 10.6. The number of nitrogens with zero attached hydrogens (tertiary/aromatic N) is 3. The zero-order valence-corrected chi connectivity index (χ0v) is 10.8. The van der Waals surface area contributed by atoms with Gasteiger partial charge in [0.05, 0.1) is 4.92 Å². The predicted octanol–water partition coefficient (Wildman–Crippen LogP) is 2.11. The molecule has 20 heavy (non-hydrogen) atoms. The first-order valence-electron chi connectivity index (χ1n) is 6.53. The lowest BCUT2D eigenvalue weighted by Crippen LogP contribution is -2.28. The van der Waals surface area contributed by atoms with Crippen molar-refractivity contribution < 1.29 is 9.45 Å². The summed E-state index contributed by atoms with van der Waals surface area (Å²) in [7, 11) is 0. The summed E-state index contributed by atoms with van der Waals surface area (Å²) in [5, 5.41) is 17.9. The molecule has 7 nitrogen and oxygen atoms in total. The molecule has 1 atom stereocenters. The smallest absolute Gasteiger partial charge is 0.269 e. The van der Waals surface area contributed by atoms with Gasteiger partial charge in [0, 0.05) is 30.2 Å². The first-order valence-corrected chi connectivity index (χ1v) is 6.53. The van der Waals surface area contributed by atoms with Crippen LogP contribution in [0.3, 0.4) is 0 Å². The van der Waals surface area contributed by atoms with Crippen molar-refractivity contribution in [3.05, 3.63) is 40.2 Å². The Morgan fingerprint density at radius 3 is 2.80 bits per heavy atom. The fourth-order valence-electron chi connectivity index (χ4n) is 2.32. The van der Waals surface area contributed by atoms with Crippen LogP contribution in [0.2, 0.25) is 0 Å². The summed E-state index contributed by atoms with van der Waals surface area (Å²) in [6.07, 6.45) is 2.15. The van der Waals surface area contributed by atoms with E-state index in [2.05, 4.69) is 15.5 Å². The van der Waals surface area contributed by atoms with Crippen LogP contribution in [0.15, 0.2) is 28.8 Å². The van der Waals surface area contributed by atoms with E-state index in [-0.39, 0.29) is 11.6 Å². The first-order chi connectivity index (χ1) is 9.74. The summed E-state index contributed by atoms with van der Waals surface area (Å²) in [4.78, 5) is 14.6. The number of nitrogens with one attached hydrogen (secondary N) is 1. The Labute approximate surface area is 115 Å². The highest BCUT2D eigenvalue weighted by atomic mass is 16.6. The monoisotopic (exact) mass is 274 g/mol. The maximum absolute atomic E-state index is 10.6. The van der Waals surface area contributed by atoms with Crippen molar-refractivity contribution in [1.82, 2.24) is 15.5 Å². The third-order valence-electron chi connectivity index (χ3n) is 3.43. The molecule has 0 aliphatic carbocycles.